The molecule has 192 valence electrons. The van der Waals surface area contributed by atoms with Crippen molar-refractivity contribution in [2.45, 2.75) is 46.2 Å². The van der Waals surface area contributed by atoms with Gasteiger partial charge >= 0.3 is 5.97 Å². The van der Waals surface area contributed by atoms with Crippen molar-refractivity contribution in [1.29, 1.82) is 0 Å². The zero-order valence-electron chi connectivity index (χ0n) is 21.4. The molecule has 0 aliphatic carbocycles. The van der Waals surface area contributed by atoms with E-state index < -0.39 is 5.97 Å². The number of hydrogen-bond acceptors (Lipinski definition) is 4. The summed E-state index contributed by atoms with van der Waals surface area (Å²) in [6, 6.07) is 20.7. The number of imidazole rings is 1. The first kappa shape index (κ1) is 26.5. The van der Waals surface area contributed by atoms with Gasteiger partial charge in [-0.3, -0.25) is 4.79 Å². The second-order valence-corrected chi connectivity index (χ2v) is 9.99. The fourth-order valence-corrected chi connectivity index (χ4v) is 4.99. The zero-order valence-corrected chi connectivity index (χ0v) is 22.3. The Morgan fingerprint density at radius 3 is 2.43 bits per heavy atom. The van der Waals surface area contributed by atoms with E-state index >= 15 is 0 Å². The van der Waals surface area contributed by atoms with Crippen LogP contribution in [-0.4, -0.2) is 38.3 Å². The van der Waals surface area contributed by atoms with E-state index in [-0.39, 0.29) is 17.5 Å². The summed E-state index contributed by atoms with van der Waals surface area (Å²) in [6.45, 7) is 6.90. The van der Waals surface area contributed by atoms with Crippen LogP contribution >= 0.6 is 12.6 Å². The second-order valence-electron chi connectivity index (χ2n) is 9.62. The normalized spacial score (nSPS) is 12.1. The van der Waals surface area contributed by atoms with Gasteiger partial charge < -0.3 is 15.0 Å². The van der Waals surface area contributed by atoms with Gasteiger partial charge in [0.15, 0.2) is 0 Å². The van der Waals surface area contributed by atoms with Gasteiger partial charge in [-0.25, -0.2) is 9.78 Å². The molecule has 0 aliphatic heterocycles. The van der Waals surface area contributed by atoms with Crippen molar-refractivity contribution in [2.24, 2.45) is 5.92 Å². The van der Waals surface area contributed by atoms with Gasteiger partial charge in [-0.05, 0) is 53.3 Å². The molecule has 37 heavy (non-hydrogen) atoms. The van der Waals surface area contributed by atoms with Crippen LogP contribution < -0.4 is 5.32 Å². The van der Waals surface area contributed by atoms with Crippen LogP contribution in [0.3, 0.4) is 0 Å². The summed E-state index contributed by atoms with van der Waals surface area (Å²) in [6.07, 6.45) is 1.79. The topological polar surface area (TPSA) is 84.2 Å². The highest BCUT2D eigenvalue weighted by atomic mass is 32.1. The lowest BCUT2D eigenvalue weighted by molar-refractivity contribution is 0.0697. The third kappa shape index (κ3) is 5.88. The number of carboxylic acid groups (broad SMARTS) is 1. The van der Waals surface area contributed by atoms with Crippen molar-refractivity contribution in [3.63, 3.8) is 0 Å². The third-order valence-corrected chi connectivity index (χ3v) is 7.04. The minimum absolute atomic E-state index is 0.00479. The fourth-order valence-electron chi connectivity index (χ4n) is 4.48. The standard InChI is InChI=1S/C30H33N3O3S/c1-4-7-28-31-25-16-22(29(34)32-26(18-37)19(2)3)14-15-27(25)33(28)17-20-10-12-21(13-11-20)23-8-5-6-9-24(23)30(35)36/h5-6,8-16,19,26,37H,4,7,17-18H2,1-3H3,(H,32,34)(H,35,36). The summed E-state index contributed by atoms with van der Waals surface area (Å²) in [5, 5.41) is 12.6. The fraction of sp³-hybridized carbons (Fsp3) is 0.300. The number of thiol groups is 1. The van der Waals surface area contributed by atoms with Crippen LogP contribution in [0.5, 0.6) is 0 Å². The summed E-state index contributed by atoms with van der Waals surface area (Å²) < 4.78 is 2.20. The molecule has 4 aromatic rings. The lowest BCUT2D eigenvalue weighted by Crippen LogP contribution is -2.39. The molecule has 1 amide bonds. The van der Waals surface area contributed by atoms with E-state index in [0.29, 0.717) is 29.3 Å². The highest BCUT2D eigenvalue weighted by molar-refractivity contribution is 7.80. The van der Waals surface area contributed by atoms with Crippen molar-refractivity contribution >= 4 is 35.5 Å². The Bertz CT molecular complexity index is 1410. The van der Waals surface area contributed by atoms with E-state index in [0.717, 1.165) is 40.8 Å². The second kappa shape index (κ2) is 11.6. The number of carbonyl (C=O) groups is 2. The minimum Gasteiger partial charge on any atom is -0.478 e. The number of aromatic nitrogens is 2. The van der Waals surface area contributed by atoms with Gasteiger partial charge in [-0.2, -0.15) is 12.6 Å². The Hall–Kier alpha value is -3.58. The number of rotatable bonds is 10. The molecular weight excluding hydrogens is 482 g/mol. The maximum atomic E-state index is 12.9. The molecule has 1 heterocycles. The number of fused-ring (bicyclic) bond motifs is 1. The molecule has 4 rings (SSSR count). The molecule has 0 bridgehead atoms. The number of amides is 1. The van der Waals surface area contributed by atoms with Crippen LogP contribution in [0.15, 0.2) is 66.7 Å². The van der Waals surface area contributed by atoms with Crippen LogP contribution in [0.4, 0.5) is 0 Å². The zero-order chi connectivity index (χ0) is 26.5. The predicted molar refractivity (Wildman–Crippen MR) is 152 cm³/mol. The molecule has 7 heteroatoms. The van der Waals surface area contributed by atoms with E-state index in [1.165, 1.54) is 0 Å². The summed E-state index contributed by atoms with van der Waals surface area (Å²) in [7, 11) is 0. The molecule has 0 spiro atoms. The van der Waals surface area contributed by atoms with Gasteiger partial charge in [0.25, 0.3) is 5.91 Å². The number of carbonyl (C=O) groups excluding carboxylic acids is 1. The highest BCUT2D eigenvalue weighted by Gasteiger charge is 2.18. The van der Waals surface area contributed by atoms with Crippen LogP contribution in [0.2, 0.25) is 0 Å². The smallest absolute Gasteiger partial charge is 0.336 e. The lowest BCUT2D eigenvalue weighted by Gasteiger charge is -2.20. The van der Waals surface area contributed by atoms with E-state index in [1.54, 1.807) is 12.1 Å². The molecule has 1 unspecified atom stereocenters. The molecule has 2 N–H and O–H groups in total. The number of hydrogen-bond donors (Lipinski definition) is 3. The Morgan fingerprint density at radius 2 is 1.78 bits per heavy atom. The average molecular weight is 516 g/mol. The lowest BCUT2D eigenvalue weighted by atomic mass is 9.99. The van der Waals surface area contributed by atoms with Crippen LogP contribution in [0.25, 0.3) is 22.2 Å². The Labute approximate surface area is 223 Å². The highest BCUT2D eigenvalue weighted by Crippen LogP contribution is 2.26. The van der Waals surface area contributed by atoms with E-state index in [4.69, 9.17) is 4.98 Å². The molecule has 1 atom stereocenters. The number of aryl methyl sites for hydroxylation is 1. The maximum absolute atomic E-state index is 12.9. The maximum Gasteiger partial charge on any atom is 0.336 e. The van der Waals surface area contributed by atoms with Crippen LogP contribution in [0, 0.1) is 5.92 Å². The van der Waals surface area contributed by atoms with Crippen LogP contribution in [-0.2, 0) is 13.0 Å². The van der Waals surface area contributed by atoms with Crippen molar-refractivity contribution in [2.75, 3.05) is 5.75 Å². The molecule has 1 aromatic heterocycles. The monoisotopic (exact) mass is 515 g/mol. The van der Waals surface area contributed by atoms with Gasteiger partial charge in [0.1, 0.15) is 5.82 Å². The molecule has 0 radical (unpaired) electrons. The van der Waals surface area contributed by atoms with E-state index in [1.807, 2.05) is 54.6 Å². The van der Waals surface area contributed by atoms with Gasteiger partial charge in [-0.1, -0.05) is 63.2 Å². The van der Waals surface area contributed by atoms with Crippen LogP contribution in [0.1, 0.15) is 59.3 Å². The quantitative estimate of drug-likeness (QED) is 0.223. The third-order valence-electron chi connectivity index (χ3n) is 6.64. The predicted octanol–water partition coefficient (Wildman–Crippen LogP) is 6.09. The number of carboxylic acids is 1. The summed E-state index contributed by atoms with van der Waals surface area (Å²) in [5.41, 5.74) is 5.31. The largest absolute Gasteiger partial charge is 0.478 e. The van der Waals surface area contributed by atoms with E-state index in [9.17, 15) is 14.7 Å². The first-order valence-corrected chi connectivity index (χ1v) is 13.3. The average Bonchev–Trinajstić information content (AvgIpc) is 3.23. The van der Waals surface area contributed by atoms with Crippen molar-refractivity contribution < 1.29 is 14.7 Å². The van der Waals surface area contributed by atoms with Gasteiger partial charge in [0, 0.05) is 30.3 Å². The molecule has 0 fully saturated rings. The number of benzene rings is 3. The number of nitrogens with one attached hydrogen (secondary N) is 1. The van der Waals surface area contributed by atoms with Gasteiger partial charge in [0.2, 0.25) is 0 Å². The molecule has 0 saturated carbocycles. The van der Waals surface area contributed by atoms with Crippen molar-refractivity contribution in [1.82, 2.24) is 14.9 Å². The van der Waals surface area contributed by atoms with Gasteiger partial charge in [0.05, 0.1) is 16.6 Å². The molecular formula is C30H33N3O3S. The Kier molecular flexibility index (Phi) is 8.34. The molecule has 0 saturated heterocycles. The van der Waals surface area contributed by atoms with Crippen molar-refractivity contribution in [3.8, 4) is 11.1 Å². The van der Waals surface area contributed by atoms with Crippen molar-refractivity contribution in [3.05, 3.63) is 89.2 Å². The summed E-state index contributed by atoms with van der Waals surface area (Å²) >= 11 is 4.37. The van der Waals surface area contributed by atoms with Gasteiger partial charge in [-0.15, -0.1) is 0 Å². The number of nitrogens with zero attached hydrogens (tertiary/aromatic N) is 2. The first-order valence-electron chi connectivity index (χ1n) is 12.6. The SMILES string of the molecule is CCCc1nc2cc(C(=O)NC(CS)C(C)C)ccc2n1Cc1ccc(-c2ccccc2C(=O)O)cc1. The Balaban J connectivity index is 1.62. The molecule has 0 aliphatic rings. The Morgan fingerprint density at radius 1 is 1.05 bits per heavy atom. The summed E-state index contributed by atoms with van der Waals surface area (Å²) in [5.74, 6) is 0.808. The van der Waals surface area contributed by atoms with E-state index in [2.05, 4.69) is 43.3 Å². The molecule has 3 aromatic carbocycles. The first-order chi connectivity index (χ1) is 17.8. The number of aromatic carboxylic acids is 1. The molecule has 6 nitrogen and oxygen atoms in total. The minimum atomic E-state index is -0.938. The summed E-state index contributed by atoms with van der Waals surface area (Å²) in [4.78, 5) is 29.4.